The minimum atomic E-state index is 0.112. The highest BCUT2D eigenvalue weighted by atomic mass is 32.2. The molecule has 1 fully saturated rings. The Morgan fingerprint density at radius 2 is 2.10 bits per heavy atom. The third-order valence-corrected chi connectivity index (χ3v) is 4.83. The van der Waals surface area contributed by atoms with Crippen molar-refractivity contribution in [3.8, 4) is 0 Å². The van der Waals surface area contributed by atoms with Gasteiger partial charge in [-0.1, -0.05) is 5.21 Å². The first-order valence-electron chi connectivity index (χ1n) is 7.74. The molecule has 0 bridgehead atoms. The summed E-state index contributed by atoms with van der Waals surface area (Å²) in [6, 6.07) is 0. The molecular formula is C15H29N5S. The summed E-state index contributed by atoms with van der Waals surface area (Å²) < 4.78 is 2.34. The van der Waals surface area contributed by atoms with Crippen LogP contribution in [-0.2, 0) is 13.1 Å². The summed E-state index contributed by atoms with van der Waals surface area (Å²) >= 11 is 2.07. The number of nitrogens with zero attached hydrogens (tertiary/aromatic N) is 4. The molecular weight excluding hydrogens is 282 g/mol. The van der Waals surface area contributed by atoms with Crippen LogP contribution in [0.2, 0.25) is 0 Å². The van der Waals surface area contributed by atoms with E-state index >= 15 is 0 Å². The zero-order chi connectivity index (χ0) is 15.5. The molecule has 0 aromatic carbocycles. The lowest BCUT2D eigenvalue weighted by Crippen LogP contribution is -2.44. The second-order valence-electron chi connectivity index (χ2n) is 7.46. The first-order chi connectivity index (χ1) is 9.73. The molecule has 5 nitrogen and oxygen atoms in total. The topological polar surface area (TPSA) is 46.0 Å². The monoisotopic (exact) mass is 311 g/mol. The second-order valence-corrected chi connectivity index (χ2v) is 9.26. The summed E-state index contributed by atoms with van der Waals surface area (Å²) in [5, 5.41) is 11.9. The molecule has 1 N–H and O–H groups in total. The van der Waals surface area contributed by atoms with Crippen molar-refractivity contribution in [3.63, 3.8) is 0 Å². The molecule has 2 rings (SSSR count). The van der Waals surface area contributed by atoms with Gasteiger partial charge in [-0.3, -0.25) is 9.58 Å². The molecule has 0 aliphatic carbocycles. The molecule has 0 saturated carbocycles. The number of rotatable bonds is 5. The van der Waals surface area contributed by atoms with Crippen LogP contribution in [-0.4, -0.2) is 55.6 Å². The predicted molar refractivity (Wildman–Crippen MR) is 89.6 cm³/mol. The fourth-order valence-corrected chi connectivity index (χ4v) is 3.61. The molecule has 1 saturated heterocycles. The van der Waals surface area contributed by atoms with Gasteiger partial charge in [0.05, 0.1) is 12.2 Å². The highest BCUT2D eigenvalue weighted by Gasteiger charge is 2.26. The van der Waals surface area contributed by atoms with E-state index in [1.54, 1.807) is 0 Å². The molecule has 0 unspecified atom stereocenters. The van der Waals surface area contributed by atoms with Gasteiger partial charge in [-0.25, -0.2) is 0 Å². The van der Waals surface area contributed by atoms with E-state index in [-0.39, 0.29) is 5.54 Å². The van der Waals surface area contributed by atoms with Crippen molar-refractivity contribution in [2.24, 2.45) is 0 Å². The Balaban J connectivity index is 1.77. The van der Waals surface area contributed by atoms with Crippen molar-refractivity contribution >= 4 is 11.8 Å². The van der Waals surface area contributed by atoms with Crippen molar-refractivity contribution in [1.29, 1.82) is 0 Å². The molecule has 1 aromatic heterocycles. The van der Waals surface area contributed by atoms with Crippen LogP contribution in [0.1, 0.15) is 40.3 Å². The Kier molecular flexibility index (Phi) is 5.33. The lowest BCUT2D eigenvalue weighted by Gasteiger charge is -2.37. The molecule has 1 aromatic rings. The number of hydrogen-bond donors (Lipinski definition) is 1. The summed E-state index contributed by atoms with van der Waals surface area (Å²) in [4.78, 5) is 2.53. The summed E-state index contributed by atoms with van der Waals surface area (Å²) in [7, 11) is 0. The van der Waals surface area contributed by atoms with E-state index in [1.807, 2.05) is 4.68 Å². The minimum Gasteiger partial charge on any atom is -0.306 e. The lowest BCUT2D eigenvalue weighted by molar-refractivity contribution is 0.246. The molecule has 0 atom stereocenters. The van der Waals surface area contributed by atoms with E-state index in [9.17, 15) is 0 Å². The van der Waals surface area contributed by atoms with Crippen LogP contribution < -0.4 is 5.32 Å². The molecule has 1 aliphatic rings. The first kappa shape index (κ1) is 16.8. The zero-order valence-electron chi connectivity index (χ0n) is 14.0. The van der Waals surface area contributed by atoms with Crippen molar-refractivity contribution in [2.75, 3.05) is 25.4 Å². The van der Waals surface area contributed by atoms with Crippen LogP contribution in [0.3, 0.4) is 0 Å². The summed E-state index contributed by atoms with van der Waals surface area (Å²) in [5.74, 6) is 1.23. The Hall–Kier alpha value is -0.590. The molecule has 2 heterocycles. The lowest BCUT2D eigenvalue weighted by atomic mass is 10.1. The number of hydrogen-bond acceptors (Lipinski definition) is 5. The maximum Gasteiger partial charge on any atom is 0.0965 e. The minimum absolute atomic E-state index is 0.112. The Morgan fingerprint density at radius 3 is 2.76 bits per heavy atom. The first-order valence-corrected chi connectivity index (χ1v) is 8.72. The van der Waals surface area contributed by atoms with Crippen molar-refractivity contribution in [3.05, 3.63) is 11.9 Å². The van der Waals surface area contributed by atoms with Gasteiger partial charge >= 0.3 is 0 Å². The molecule has 120 valence electrons. The predicted octanol–water partition coefficient (Wildman–Crippen LogP) is 1.99. The number of thioether (sulfide) groups is 1. The van der Waals surface area contributed by atoms with Gasteiger partial charge in [0.1, 0.15) is 0 Å². The van der Waals surface area contributed by atoms with Gasteiger partial charge in [-0.2, -0.15) is 11.8 Å². The van der Waals surface area contributed by atoms with E-state index in [2.05, 4.69) is 73.1 Å². The van der Waals surface area contributed by atoms with Crippen molar-refractivity contribution in [1.82, 2.24) is 25.2 Å². The van der Waals surface area contributed by atoms with Gasteiger partial charge in [0, 0.05) is 48.4 Å². The van der Waals surface area contributed by atoms with Crippen LogP contribution in [0.4, 0.5) is 0 Å². The maximum absolute atomic E-state index is 4.24. The fraction of sp³-hybridized carbons (Fsp3) is 0.867. The molecule has 21 heavy (non-hydrogen) atoms. The summed E-state index contributed by atoms with van der Waals surface area (Å²) in [5.41, 5.74) is 1.13. The highest BCUT2D eigenvalue weighted by molar-refractivity contribution is 8.00. The van der Waals surface area contributed by atoms with Gasteiger partial charge in [-0.05, 0) is 34.6 Å². The zero-order valence-corrected chi connectivity index (χ0v) is 14.8. The molecule has 0 spiro atoms. The third kappa shape index (κ3) is 5.96. The smallest absolute Gasteiger partial charge is 0.0965 e. The van der Waals surface area contributed by atoms with E-state index in [4.69, 9.17) is 0 Å². The van der Waals surface area contributed by atoms with Crippen molar-refractivity contribution < 1.29 is 0 Å². The average molecular weight is 311 g/mol. The summed E-state index contributed by atoms with van der Waals surface area (Å²) in [6.45, 7) is 16.2. The molecule has 6 heteroatoms. The largest absolute Gasteiger partial charge is 0.306 e. The normalized spacial score (nSPS) is 19.9. The van der Waals surface area contributed by atoms with Gasteiger partial charge in [-0.15, -0.1) is 5.10 Å². The van der Waals surface area contributed by atoms with E-state index in [0.717, 1.165) is 31.9 Å². The van der Waals surface area contributed by atoms with Crippen LogP contribution >= 0.6 is 11.8 Å². The Bertz CT molecular complexity index is 449. The van der Waals surface area contributed by atoms with Gasteiger partial charge < -0.3 is 5.32 Å². The van der Waals surface area contributed by atoms with Crippen LogP contribution in [0.15, 0.2) is 6.20 Å². The second kappa shape index (κ2) is 6.67. The maximum atomic E-state index is 4.24. The van der Waals surface area contributed by atoms with Gasteiger partial charge in [0.15, 0.2) is 0 Å². The average Bonchev–Trinajstić information content (AvgIpc) is 2.80. The van der Waals surface area contributed by atoms with Gasteiger partial charge in [0.2, 0.25) is 0 Å². The highest BCUT2D eigenvalue weighted by Crippen LogP contribution is 2.29. The van der Waals surface area contributed by atoms with Crippen LogP contribution in [0, 0.1) is 0 Å². The number of aromatic nitrogens is 3. The Morgan fingerprint density at radius 1 is 1.33 bits per heavy atom. The SMILES string of the molecule is CC(C)(C)NCc1cn(CCN2CCSC(C)(C)C2)nn1. The van der Waals surface area contributed by atoms with E-state index in [1.165, 1.54) is 12.3 Å². The van der Waals surface area contributed by atoms with Crippen LogP contribution in [0.25, 0.3) is 0 Å². The standard InChI is InChI=1S/C15H29N5S/c1-14(2,3)16-10-13-11-20(18-17-13)7-6-19-8-9-21-15(4,5)12-19/h11,16H,6-10,12H2,1-5H3. The molecule has 0 amide bonds. The summed E-state index contributed by atoms with van der Waals surface area (Å²) in [6.07, 6.45) is 2.06. The quantitative estimate of drug-likeness (QED) is 0.901. The molecule has 1 aliphatic heterocycles. The molecule has 0 radical (unpaired) electrons. The van der Waals surface area contributed by atoms with Crippen LogP contribution in [0.5, 0.6) is 0 Å². The van der Waals surface area contributed by atoms with Crippen molar-refractivity contribution in [2.45, 2.75) is 58.0 Å². The fourth-order valence-electron chi connectivity index (χ4n) is 2.43. The number of nitrogens with one attached hydrogen (secondary N) is 1. The van der Waals surface area contributed by atoms with Gasteiger partial charge in [0.25, 0.3) is 0 Å². The Labute approximate surface area is 132 Å². The van der Waals surface area contributed by atoms with E-state index in [0.29, 0.717) is 4.75 Å². The van der Waals surface area contributed by atoms with E-state index < -0.39 is 0 Å². The third-order valence-electron chi connectivity index (χ3n) is 3.54.